The average molecular weight is 227 g/mol. The first-order valence-electron chi connectivity index (χ1n) is 6.06. The van der Waals surface area contributed by atoms with E-state index >= 15 is 0 Å². The van der Waals surface area contributed by atoms with Crippen LogP contribution in [0.5, 0.6) is 0 Å². The van der Waals surface area contributed by atoms with Crippen molar-refractivity contribution in [1.82, 2.24) is 4.90 Å². The Morgan fingerprint density at radius 3 is 2.75 bits per heavy atom. The maximum absolute atomic E-state index is 9.92. The Kier molecular flexibility index (Phi) is 3.66. The van der Waals surface area contributed by atoms with E-state index in [1.165, 1.54) is 12.8 Å². The Morgan fingerprint density at radius 1 is 1.38 bits per heavy atom. The van der Waals surface area contributed by atoms with Crippen molar-refractivity contribution in [3.05, 3.63) is 0 Å². The molecule has 1 aliphatic carbocycles. The summed E-state index contributed by atoms with van der Waals surface area (Å²) in [5, 5.41) is 21.4. The van der Waals surface area contributed by atoms with Gasteiger partial charge in [-0.2, -0.15) is 0 Å². The molecular weight excluding hydrogens is 206 g/mol. The molecule has 0 aromatic rings. The number of hydrogen-bond acceptors (Lipinski definition) is 4. The van der Waals surface area contributed by atoms with Gasteiger partial charge in [0.1, 0.15) is 0 Å². The highest BCUT2D eigenvalue weighted by atomic mass is 16.4. The molecule has 0 amide bonds. The minimum absolute atomic E-state index is 0.163. The third kappa shape index (κ3) is 3.09. The van der Waals surface area contributed by atoms with Gasteiger partial charge >= 0.3 is 0 Å². The van der Waals surface area contributed by atoms with Gasteiger partial charge in [-0.15, -0.1) is 0 Å². The highest BCUT2D eigenvalue weighted by molar-refractivity contribution is 5.81. The fourth-order valence-corrected chi connectivity index (χ4v) is 2.51. The number of oxime groups is 1. The molecule has 4 N–H and O–H groups in total. The van der Waals surface area contributed by atoms with Crippen molar-refractivity contribution in [2.24, 2.45) is 22.7 Å². The van der Waals surface area contributed by atoms with Crippen LogP contribution in [-0.4, -0.2) is 46.8 Å². The molecule has 2 atom stereocenters. The number of aliphatic hydroxyl groups excluding tert-OH is 1. The number of aliphatic hydroxyl groups is 1. The molecule has 0 aromatic carbocycles. The molecule has 1 saturated heterocycles. The Balaban J connectivity index is 1.82. The van der Waals surface area contributed by atoms with Gasteiger partial charge in [-0.25, -0.2) is 0 Å². The fraction of sp³-hybridized carbons (Fsp3) is 0.909. The summed E-state index contributed by atoms with van der Waals surface area (Å²) in [6.45, 7) is 2.21. The maximum atomic E-state index is 9.92. The normalized spacial score (nSPS) is 32.9. The van der Waals surface area contributed by atoms with Crippen LogP contribution < -0.4 is 5.73 Å². The van der Waals surface area contributed by atoms with E-state index in [1.807, 2.05) is 0 Å². The highest BCUT2D eigenvalue weighted by Crippen LogP contribution is 2.37. The molecule has 2 rings (SSSR count). The van der Waals surface area contributed by atoms with Gasteiger partial charge in [0.2, 0.25) is 0 Å². The van der Waals surface area contributed by atoms with Gasteiger partial charge in [0.15, 0.2) is 5.84 Å². The molecule has 0 bridgehead atoms. The minimum Gasteiger partial charge on any atom is -0.409 e. The molecule has 0 aromatic heterocycles. The summed E-state index contributed by atoms with van der Waals surface area (Å²) in [6, 6.07) is 0. The van der Waals surface area contributed by atoms with E-state index in [0.29, 0.717) is 12.5 Å². The molecule has 16 heavy (non-hydrogen) atoms. The number of nitrogens with zero attached hydrogens (tertiary/aromatic N) is 2. The SMILES string of the molecule is NC(CN1CC[C@H](O)[C@H](CC2CC2)C1)=NO. The van der Waals surface area contributed by atoms with Crippen LogP contribution in [0.4, 0.5) is 0 Å². The van der Waals surface area contributed by atoms with E-state index in [4.69, 9.17) is 10.9 Å². The summed E-state index contributed by atoms with van der Waals surface area (Å²) >= 11 is 0. The standard InChI is InChI=1S/C11H21N3O2/c12-11(13-16)7-14-4-3-10(15)9(6-14)5-8-1-2-8/h8-10,15-16H,1-7H2,(H2,12,13)/t9-,10+/m1/s1. The van der Waals surface area contributed by atoms with Crippen LogP contribution in [0.2, 0.25) is 0 Å². The van der Waals surface area contributed by atoms with Crippen LogP contribution in [0.1, 0.15) is 25.7 Å². The largest absolute Gasteiger partial charge is 0.409 e. The summed E-state index contributed by atoms with van der Waals surface area (Å²) < 4.78 is 0. The molecular formula is C11H21N3O2. The van der Waals surface area contributed by atoms with Gasteiger partial charge in [0.25, 0.3) is 0 Å². The molecule has 2 aliphatic rings. The molecule has 1 aliphatic heterocycles. The van der Waals surface area contributed by atoms with Crippen molar-refractivity contribution in [2.45, 2.75) is 31.8 Å². The van der Waals surface area contributed by atoms with E-state index < -0.39 is 0 Å². The molecule has 92 valence electrons. The molecule has 0 radical (unpaired) electrons. The first-order chi connectivity index (χ1) is 7.69. The van der Waals surface area contributed by atoms with Crippen LogP contribution in [0.15, 0.2) is 5.16 Å². The van der Waals surface area contributed by atoms with Crippen LogP contribution in [0.3, 0.4) is 0 Å². The number of hydrogen-bond donors (Lipinski definition) is 3. The van der Waals surface area contributed by atoms with Crippen molar-refractivity contribution >= 4 is 5.84 Å². The zero-order valence-corrected chi connectivity index (χ0v) is 9.55. The first-order valence-corrected chi connectivity index (χ1v) is 6.06. The van der Waals surface area contributed by atoms with Crippen LogP contribution in [-0.2, 0) is 0 Å². The van der Waals surface area contributed by atoms with E-state index in [1.54, 1.807) is 0 Å². The van der Waals surface area contributed by atoms with Gasteiger partial charge in [0, 0.05) is 13.1 Å². The number of piperidine rings is 1. The number of rotatable bonds is 4. The van der Waals surface area contributed by atoms with Crippen molar-refractivity contribution in [2.75, 3.05) is 19.6 Å². The van der Waals surface area contributed by atoms with Crippen molar-refractivity contribution in [3.63, 3.8) is 0 Å². The Hall–Kier alpha value is -0.810. The summed E-state index contributed by atoms with van der Waals surface area (Å²) in [5.41, 5.74) is 5.49. The molecule has 5 heteroatoms. The highest BCUT2D eigenvalue weighted by Gasteiger charge is 2.33. The second-order valence-electron chi connectivity index (χ2n) is 5.12. The molecule has 0 unspecified atom stereocenters. The fourth-order valence-electron chi connectivity index (χ4n) is 2.51. The van der Waals surface area contributed by atoms with E-state index in [-0.39, 0.29) is 11.9 Å². The molecule has 5 nitrogen and oxygen atoms in total. The lowest BCUT2D eigenvalue weighted by molar-refractivity contribution is 0.0258. The smallest absolute Gasteiger partial charge is 0.153 e. The minimum atomic E-state index is -0.163. The topological polar surface area (TPSA) is 82.1 Å². The van der Waals surface area contributed by atoms with Gasteiger partial charge in [0.05, 0.1) is 12.6 Å². The van der Waals surface area contributed by atoms with E-state index in [0.717, 1.165) is 31.8 Å². The van der Waals surface area contributed by atoms with Crippen molar-refractivity contribution in [3.8, 4) is 0 Å². The molecule has 2 fully saturated rings. The van der Waals surface area contributed by atoms with Gasteiger partial charge in [-0.1, -0.05) is 18.0 Å². The number of amidine groups is 1. The Morgan fingerprint density at radius 2 is 2.12 bits per heavy atom. The Labute approximate surface area is 95.9 Å². The summed E-state index contributed by atoms with van der Waals surface area (Å²) in [6.07, 6.45) is 4.42. The summed E-state index contributed by atoms with van der Waals surface area (Å²) in [4.78, 5) is 2.16. The third-order valence-corrected chi connectivity index (χ3v) is 3.63. The number of likely N-dealkylation sites (tertiary alicyclic amines) is 1. The second kappa shape index (κ2) is 5.01. The van der Waals surface area contributed by atoms with Gasteiger partial charge in [-0.05, 0) is 24.7 Å². The lowest BCUT2D eigenvalue weighted by atomic mass is 9.90. The predicted octanol–water partition coefficient (Wildman–Crippen LogP) is 0.216. The van der Waals surface area contributed by atoms with E-state index in [2.05, 4.69) is 10.1 Å². The van der Waals surface area contributed by atoms with Crippen LogP contribution >= 0.6 is 0 Å². The zero-order chi connectivity index (χ0) is 11.5. The van der Waals surface area contributed by atoms with Crippen LogP contribution in [0.25, 0.3) is 0 Å². The Bertz CT molecular complexity index is 266. The van der Waals surface area contributed by atoms with E-state index in [9.17, 15) is 5.11 Å². The quantitative estimate of drug-likeness (QED) is 0.278. The zero-order valence-electron chi connectivity index (χ0n) is 9.55. The predicted molar refractivity (Wildman–Crippen MR) is 61.3 cm³/mol. The molecule has 1 saturated carbocycles. The van der Waals surface area contributed by atoms with Crippen molar-refractivity contribution in [1.29, 1.82) is 0 Å². The monoisotopic (exact) mass is 227 g/mol. The van der Waals surface area contributed by atoms with Gasteiger partial charge in [-0.3, -0.25) is 4.90 Å². The second-order valence-corrected chi connectivity index (χ2v) is 5.12. The number of nitrogens with two attached hydrogens (primary N) is 1. The lowest BCUT2D eigenvalue weighted by Crippen LogP contribution is -2.46. The summed E-state index contributed by atoms with van der Waals surface area (Å²) in [5.74, 6) is 1.46. The van der Waals surface area contributed by atoms with Crippen LogP contribution in [0, 0.1) is 11.8 Å². The molecule has 0 spiro atoms. The average Bonchev–Trinajstić information content (AvgIpc) is 3.07. The lowest BCUT2D eigenvalue weighted by Gasteiger charge is -2.36. The van der Waals surface area contributed by atoms with Gasteiger partial charge < -0.3 is 16.0 Å². The molecule has 1 heterocycles. The third-order valence-electron chi connectivity index (χ3n) is 3.63. The van der Waals surface area contributed by atoms with Crippen molar-refractivity contribution < 1.29 is 10.3 Å². The first kappa shape index (κ1) is 11.7. The summed E-state index contributed by atoms with van der Waals surface area (Å²) in [7, 11) is 0. The maximum Gasteiger partial charge on any atom is 0.153 e.